The van der Waals surface area contributed by atoms with Crippen LogP contribution in [0.1, 0.15) is 39.9 Å². The van der Waals surface area contributed by atoms with Gasteiger partial charge in [0.2, 0.25) is 0 Å². The molecule has 0 radical (unpaired) electrons. The third-order valence-corrected chi connectivity index (χ3v) is 12.4. The molecule has 0 spiro atoms. The van der Waals surface area contributed by atoms with Crippen molar-refractivity contribution in [2.45, 2.75) is 26.3 Å². The summed E-state index contributed by atoms with van der Waals surface area (Å²) in [4.78, 5) is 23.2. The monoisotopic (exact) mass is 857 g/mol. The number of pyridine rings is 2. The van der Waals surface area contributed by atoms with Crippen LogP contribution in [0.25, 0.3) is 78.1 Å². The van der Waals surface area contributed by atoms with Gasteiger partial charge in [0.1, 0.15) is 45.2 Å². The number of furan rings is 1. The van der Waals surface area contributed by atoms with Crippen molar-refractivity contribution >= 4 is 68.8 Å². The minimum Gasteiger partial charge on any atom is -0.470 e. The minimum atomic E-state index is -0.349. The second kappa shape index (κ2) is 14.2. The summed E-state index contributed by atoms with van der Waals surface area (Å²) in [5.41, 5.74) is 10.2. The average Bonchev–Trinajstić information content (AvgIpc) is 4.00. The molecule has 14 heteroatoms. The number of rotatable bonds is 6. The number of nitrogens with one attached hydrogen (secondary N) is 1. The number of hydrogen-bond acceptors (Lipinski definition) is 9. The summed E-state index contributed by atoms with van der Waals surface area (Å²) in [6.45, 7) is 2.59. The Morgan fingerprint density at radius 1 is 0.887 bits per heavy atom. The Labute approximate surface area is 364 Å². The maximum atomic E-state index is 16.4. The summed E-state index contributed by atoms with van der Waals surface area (Å²) in [7, 11) is 3.36. The van der Waals surface area contributed by atoms with Crippen molar-refractivity contribution in [1.29, 1.82) is 5.26 Å². The van der Waals surface area contributed by atoms with Crippen LogP contribution in [-0.4, -0.2) is 39.1 Å². The largest absolute Gasteiger partial charge is 0.470 e. The first-order valence-electron chi connectivity index (χ1n) is 19.7. The van der Waals surface area contributed by atoms with E-state index in [1.807, 2.05) is 53.1 Å². The molecule has 4 aromatic carbocycles. The number of ether oxygens (including phenoxy) is 2. The predicted octanol–water partition coefficient (Wildman–Crippen LogP) is 11.0. The molecule has 0 aliphatic carbocycles. The van der Waals surface area contributed by atoms with Crippen LogP contribution in [0.4, 0.5) is 10.1 Å². The van der Waals surface area contributed by atoms with Crippen molar-refractivity contribution in [3.8, 4) is 62.9 Å². The van der Waals surface area contributed by atoms with Gasteiger partial charge in [-0.1, -0.05) is 43.5 Å². The Bertz CT molecular complexity index is 3420. The fourth-order valence-corrected chi connectivity index (χ4v) is 9.17. The Morgan fingerprint density at radius 3 is 2.32 bits per heavy atom. The third kappa shape index (κ3) is 5.74. The van der Waals surface area contributed by atoms with Gasteiger partial charge >= 0.3 is 0 Å². The van der Waals surface area contributed by atoms with Gasteiger partial charge in [-0.05, 0) is 96.1 Å². The summed E-state index contributed by atoms with van der Waals surface area (Å²) in [6.07, 6.45) is 0. The van der Waals surface area contributed by atoms with Crippen LogP contribution in [-0.2, 0) is 13.5 Å². The van der Waals surface area contributed by atoms with E-state index in [9.17, 15) is 10.1 Å². The maximum Gasteiger partial charge on any atom is 0.255 e. The summed E-state index contributed by atoms with van der Waals surface area (Å²) in [6, 6.07) is 33.7. The predicted molar refractivity (Wildman–Crippen MR) is 240 cm³/mol. The fourth-order valence-electron chi connectivity index (χ4n) is 8.86. The molecular weight excluding hydrogens is 825 g/mol. The zero-order chi connectivity index (χ0) is 42.6. The number of fused-ring (bicyclic) bond motifs is 11. The van der Waals surface area contributed by atoms with E-state index in [4.69, 9.17) is 30.5 Å². The highest BCUT2D eigenvalue weighted by Gasteiger charge is 2.29. The first-order valence-corrected chi connectivity index (χ1v) is 20.5. The molecule has 1 amide bonds. The zero-order valence-electron chi connectivity index (χ0n) is 33.3. The van der Waals surface area contributed by atoms with Crippen molar-refractivity contribution < 1.29 is 23.1 Å². The fraction of sp³-hybridized carbons (Fsp3) is 0.125. The van der Waals surface area contributed by atoms with Gasteiger partial charge in [-0.15, -0.1) is 0 Å². The van der Waals surface area contributed by atoms with Gasteiger partial charge in [-0.2, -0.15) is 5.26 Å². The summed E-state index contributed by atoms with van der Waals surface area (Å²) < 4.78 is 40.8. The second-order valence-electron chi connectivity index (χ2n) is 15.4. The third-order valence-electron chi connectivity index (χ3n) is 12.0. The van der Waals surface area contributed by atoms with E-state index in [1.165, 1.54) is 0 Å². The molecule has 2 aliphatic rings. The number of hydrogen-bond donors (Lipinski definition) is 2. The van der Waals surface area contributed by atoms with Crippen LogP contribution in [0, 0.1) is 17.1 Å². The van der Waals surface area contributed by atoms with Crippen molar-refractivity contribution in [3.63, 3.8) is 0 Å². The minimum absolute atomic E-state index is 0.167. The van der Waals surface area contributed by atoms with Gasteiger partial charge in [0.15, 0.2) is 13.5 Å². The molecule has 11 nitrogen and oxygen atoms in total. The molecule has 7 heterocycles. The molecule has 1 atom stereocenters. The molecule has 0 fully saturated rings. The number of carbonyl (C=O) groups excluding carboxylic acids is 1. The van der Waals surface area contributed by atoms with Crippen molar-refractivity contribution in [2.24, 2.45) is 0 Å². The van der Waals surface area contributed by atoms with Crippen molar-refractivity contribution in [1.82, 2.24) is 24.4 Å². The molecule has 1 N–H and O–H groups in total. The summed E-state index contributed by atoms with van der Waals surface area (Å²) in [5, 5.41) is 14.5. The molecule has 5 aromatic heterocycles. The van der Waals surface area contributed by atoms with E-state index in [1.54, 1.807) is 54.8 Å². The van der Waals surface area contributed by atoms with Gasteiger partial charge in [0, 0.05) is 53.4 Å². The molecule has 1 unspecified atom stereocenters. The standard InChI is InChI=1S/C48H33ClFN7O4S/c1-24(28-5-4-6-35-29(28)18-38-46-41(59-22-56(35)38)13-14-43(49)54-46)27-15-33(50)30-19-39-45-40(60-23-57(39)37(30)16-27)12-11-34(53-45)31-17-32-42(20-36(31)55(3)62)61-47(44(32)48(58)52-2)26-9-7-25(21-51)8-10-26/h4-20,24,62H,22-23H2,1-3H3,(H,52,58). The normalized spacial score (nSPS) is 13.1. The molecule has 9 aromatic rings. The lowest BCUT2D eigenvalue weighted by atomic mass is 9.90. The smallest absolute Gasteiger partial charge is 0.255 e. The first kappa shape index (κ1) is 37.7. The quantitative estimate of drug-likeness (QED) is 0.125. The number of halogens is 2. The average molecular weight is 858 g/mol. The molecule has 0 saturated carbocycles. The van der Waals surface area contributed by atoms with Crippen LogP contribution in [0.3, 0.4) is 0 Å². The Morgan fingerprint density at radius 2 is 1.60 bits per heavy atom. The van der Waals surface area contributed by atoms with Gasteiger partial charge in [0.05, 0.1) is 51.0 Å². The van der Waals surface area contributed by atoms with E-state index in [2.05, 4.69) is 58.9 Å². The molecule has 2 aliphatic heterocycles. The van der Waals surface area contributed by atoms with Crippen LogP contribution in [0.2, 0.25) is 5.15 Å². The summed E-state index contributed by atoms with van der Waals surface area (Å²) in [5.74, 6) is 0.734. The highest BCUT2D eigenvalue weighted by molar-refractivity contribution is 7.81. The Kier molecular flexibility index (Phi) is 8.61. The van der Waals surface area contributed by atoms with Crippen LogP contribution in [0.15, 0.2) is 108 Å². The van der Waals surface area contributed by atoms with E-state index in [0.29, 0.717) is 102 Å². The van der Waals surface area contributed by atoms with Crippen LogP contribution < -0.4 is 19.1 Å². The van der Waals surface area contributed by atoms with Gasteiger partial charge in [-0.3, -0.25) is 4.79 Å². The summed E-state index contributed by atoms with van der Waals surface area (Å²) >= 11 is 11.0. The Hall–Kier alpha value is -7.27. The number of nitriles is 1. The van der Waals surface area contributed by atoms with E-state index >= 15 is 4.39 Å². The maximum absolute atomic E-state index is 16.4. The number of amides is 1. The number of benzene rings is 4. The van der Waals surface area contributed by atoms with Gasteiger partial charge in [0.25, 0.3) is 5.91 Å². The Balaban J connectivity index is 1.01. The van der Waals surface area contributed by atoms with Crippen LogP contribution >= 0.6 is 24.4 Å². The number of thiol groups is 1. The van der Waals surface area contributed by atoms with Gasteiger partial charge < -0.3 is 32.6 Å². The number of aromatic nitrogens is 4. The molecule has 304 valence electrons. The second-order valence-corrected chi connectivity index (χ2v) is 16.4. The first-order chi connectivity index (χ1) is 30.1. The topological polar surface area (TPSA) is 123 Å². The van der Waals surface area contributed by atoms with E-state index in [0.717, 1.165) is 27.7 Å². The van der Waals surface area contributed by atoms with E-state index < -0.39 is 0 Å². The lowest BCUT2D eigenvalue weighted by Gasteiger charge is -2.22. The zero-order valence-corrected chi connectivity index (χ0v) is 35.0. The highest BCUT2D eigenvalue weighted by Crippen LogP contribution is 2.45. The SMILES string of the molecule is CNC(=O)c1c(-c2ccc(C#N)cc2)oc2cc(N(C)S)c(-c3ccc4c(n3)-c3cc5c(F)cc(C(C)c6cccc7c6cc6n7COc7ccc(Cl)nc7-6)cc5n3CO4)cc12. The molecule has 0 bridgehead atoms. The van der Waals surface area contributed by atoms with Crippen LogP contribution in [0.5, 0.6) is 11.5 Å². The van der Waals surface area contributed by atoms with Gasteiger partial charge in [-0.25, -0.2) is 14.4 Å². The molecule has 62 heavy (non-hydrogen) atoms. The lowest BCUT2D eigenvalue weighted by molar-refractivity contribution is 0.0964. The lowest BCUT2D eigenvalue weighted by Crippen LogP contribution is -2.18. The highest BCUT2D eigenvalue weighted by atomic mass is 35.5. The molecular formula is C48H33ClFN7O4S. The number of nitrogens with zero attached hydrogens (tertiary/aromatic N) is 6. The van der Waals surface area contributed by atoms with Crippen molar-refractivity contribution in [2.75, 3.05) is 18.4 Å². The van der Waals surface area contributed by atoms with E-state index in [-0.39, 0.29) is 24.4 Å². The number of anilines is 1. The molecule has 11 rings (SSSR count). The van der Waals surface area contributed by atoms with Crippen molar-refractivity contribution in [3.05, 3.63) is 136 Å². The number of carbonyl (C=O) groups is 1. The molecule has 0 saturated heterocycles.